The molecule has 1 aliphatic rings. The van der Waals surface area contributed by atoms with Crippen molar-refractivity contribution in [2.24, 2.45) is 5.92 Å². The molecule has 5 rings (SSSR count). The molecule has 4 aromatic rings. The van der Waals surface area contributed by atoms with Crippen LogP contribution >= 0.6 is 11.6 Å². The summed E-state index contributed by atoms with van der Waals surface area (Å²) < 4.78 is 28.0. The number of nitrogens with zero attached hydrogens (tertiary/aromatic N) is 2. The highest BCUT2D eigenvalue weighted by Crippen LogP contribution is 2.54. The van der Waals surface area contributed by atoms with Crippen LogP contribution in [0.25, 0.3) is 10.9 Å². The highest BCUT2D eigenvalue weighted by molar-refractivity contribution is 6.31. The number of fused-ring (bicyclic) bond motifs is 1. The normalized spacial score (nSPS) is 19.2. The molecule has 2 aromatic heterocycles. The van der Waals surface area contributed by atoms with Crippen LogP contribution in [0.4, 0.5) is 8.78 Å². The Morgan fingerprint density at radius 3 is 2.55 bits per heavy atom. The van der Waals surface area contributed by atoms with Crippen LogP contribution in [-0.4, -0.2) is 15.1 Å². The van der Waals surface area contributed by atoms with Gasteiger partial charge in [0, 0.05) is 40.1 Å². The molecule has 6 heteroatoms. The zero-order valence-electron chi connectivity index (χ0n) is 16.5. The predicted molar refractivity (Wildman–Crippen MR) is 116 cm³/mol. The third kappa shape index (κ3) is 3.43. The Labute approximate surface area is 183 Å². The van der Waals surface area contributed by atoms with E-state index in [0.717, 1.165) is 36.1 Å². The van der Waals surface area contributed by atoms with E-state index in [1.807, 2.05) is 48.5 Å². The van der Waals surface area contributed by atoms with Gasteiger partial charge in [-0.2, -0.15) is 0 Å². The highest BCUT2D eigenvalue weighted by atomic mass is 35.5. The first-order valence-electron chi connectivity index (χ1n) is 10.2. The summed E-state index contributed by atoms with van der Waals surface area (Å²) in [6.45, 7) is 0. The van der Waals surface area contributed by atoms with Gasteiger partial charge in [0.1, 0.15) is 22.9 Å². The molecule has 2 aromatic carbocycles. The molecule has 0 amide bonds. The van der Waals surface area contributed by atoms with Crippen molar-refractivity contribution >= 4 is 22.5 Å². The Balaban J connectivity index is 1.66. The maximum atomic E-state index is 14.5. The van der Waals surface area contributed by atoms with Crippen molar-refractivity contribution in [1.29, 1.82) is 0 Å². The standard InChI is InChI=1S/C25H19ClF2N2O/c26-20-6-2-1-5-18(20)22(19-8-7-14-4-3-11-29-23(14)25(19)31)16-9-10-17(16)24-21(28)12-15(27)13-30-24/h1-8,11-13,16-17,22,31H,9-10H2/t16-,17?,22?/m1/s1. The van der Waals surface area contributed by atoms with Crippen LogP contribution in [0.5, 0.6) is 5.75 Å². The Morgan fingerprint density at radius 1 is 0.968 bits per heavy atom. The second-order valence-electron chi connectivity index (χ2n) is 7.95. The number of phenols is 1. The Hall–Kier alpha value is -3.05. The molecule has 3 atom stereocenters. The smallest absolute Gasteiger partial charge is 0.147 e. The third-order valence-electron chi connectivity index (χ3n) is 6.30. The van der Waals surface area contributed by atoms with E-state index in [4.69, 9.17) is 11.6 Å². The summed E-state index contributed by atoms with van der Waals surface area (Å²) in [4.78, 5) is 8.40. The van der Waals surface area contributed by atoms with Crippen LogP contribution in [0.2, 0.25) is 5.02 Å². The first kappa shape index (κ1) is 19.9. The number of hydrogen-bond acceptors (Lipinski definition) is 3. The molecule has 0 aliphatic heterocycles. The number of hydrogen-bond donors (Lipinski definition) is 1. The summed E-state index contributed by atoms with van der Waals surface area (Å²) in [7, 11) is 0. The molecule has 1 saturated carbocycles. The van der Waals surface area contributed by atoms with Crippen LogP contribution in [0, 0.1) is 17.6 Å². The average Bonchev–Trinajstić information content (AvgIpc) is 2.74. The molecule has 2 unspecified atom stereocenters. The zero-order valence-corrected chi connectivity index (χ0v) is 17.2. The fourth-order valence-corrected chi connectivity index (χ4v) is 4.97. The molecule has 156 valence electrons. The number of aromatic nitrogens is 2. The van der Waals surface area contributed by atoms with E-state index in [2.05, 4.69) is 9.97 Å². The number of phenolic OH excluding ortho intramolecular Hbond substituents is 1. The fraction of sp³-hybridized carbons (Fsp3) is 0.200. The van der Waals surface area contributed by atoms with Crippen LogP contribution in [0.15, 0.2) is 67.0 Å². The second kappa shape index (κ2) is 7.89. The number of rotatable bonds is 4. The monoisotopic (exact) mass is 436 g/mol. The summed E-state index contributed by atoms with van der Waals surface area (Å²) in [5.41, 5.74) is 2.32. The van der Waals surface area contributed by atoms with Crippen molar-refractivity contribution in [3.63, 3.8) is 0 Å². The molecular weight excluding hydrogens is 418 g/mol. The van der Waals surface area contributed by atoms with E-state index in [1.165, 1.54) is 0 Å². The van der Waals surface area contributed by atoms with Gasteiger partial charge in [0.25, 0.3) is 0 Å². The molecule has 1 fully saturated rings. The summed E-state index contributed by atoms with van der Waals surface area (Å²) in [6, 6.07) is 15.9. The van der Waals surface area contributed by atoms with Gasteiger partial charge in [0.15, 0.2) is 0 Å². The van der Waals surface area contributed by atoms with E-state index in [1.54, 1.807) is 6.20 Å². The SMILES string of the molecule is Oc1c(C(c2ccccc2Cl)[C@@H]2CCC2c2ncc(F)cc2F)ccc2cccnc12. The Morgan fingerprint density at radius 2 is 1.81 bits per heavy atom. The number of benzene rings is 2. The van der Waals surface area contributed by atoms with Crippen molar-refractivity contribution in [1.82, 2.24) is 9.97 Å². The van der Waals surface area contributed by atoms with Crippen LogP contribution in [0.1, 0.15) is 41.5 Å². The van der Waals surface area contributed by atoms with E-state index in [-0.39, 0.29) is 29.2 Å². The van der Waals surface area contributed by atoms with Gasteiger partial charge in [0.05, 0.1) is 11.9 Å². The molecule has 1 aliphatic carbocycles. The van der Waals surface area contributed by atoms with E-state index in [0.29, 0.717) is 16.1 Å². The molecule has 31 heavy (non-hydrogen) atoms. The first-order valence-corrected chi connectivity index (χ1v) is 10.5. The van der Waals surface area contributed by atoms with E-state index in [9.17, 15) is 13.9 Å². The Kier molecular flexibility index (Phi) is 5.06. The van der Waals surface area contributed by atoms with Gasteiger partial charge in [-0.1, -0.05) is 48.0 Å². The fourth-order valence-electron chi connectivity index (χ4n) is 4.71. The predicted octanol–water partition coefficient (Wildman–Crippen LogP) is 6.59. The van der Waals surface area contributed by atoms with E-state index >= 15 is 0 Å². The first-order chi connectivity index (χ1) is 15.0. The maximum absolute atomic E-state index is 14.5. The Bertz CT molecular complexity index is 1280. The number of pyridine rings is 2. The zero-order chi connectivity index (χ0) is 21.5. The molecule has 0 bridgehead atoms. The van der Waals surface area contributed by atoms with Crippen molar-refractivity contribution in [3.05, 3.63) is 100 Å². The molecule has 2 heterocycles. The molecule has 0 saturated heterocycles. The van der Waals surface area contributed by atoms with Gasteiger partial charge in [-0.05, 0) is 36.5 Å². The topological polar surface area (TPSA) is 46.0 Å². The minimum Gasteiger partial charge on any atom is -0.505 e. The van der Waals surface area contributed by atoms with Crippen LogP contribution < -0.4 is 0 Å². The van der Waals surface area contributed by atoms with Crippen molar-refractivity contribution in [2.45, 2.75) is 24.7 Å². The summed E-state index contributed by atoms with van der Waals surface area (Å²) in [5, 5.41) is 12.6. The maximum Gasteiger partial charge on any atom is 0.147 e. The van der Waals surface area contributed by atoms with Gasteiger partial charge in [-0.25, -0.2) is 8.78 Å². The van der Waals surface area contributed by atoms with Gasteiger partial charge >= 0.3 is 0 Å². The molecule has 0 spiro atoms. The van der Waals surface area contributed by atoms with E-state index < -0.39 is 11.6 Å². The average molecular weight is 437 g/mol. The third-order valence-corrected chi connectivity index (χ3v) is 6.64. The quantitative estimate of drug-likeness (QED) is 0.392. The summed E-state index contributed by atoms with van der Waals surface area (Å²) >= 11 is 6.57. The number of aromatic hydroxyl groups is 1. The molecular formula is C25H19ClF2N2O. The molecule has 1 N–H and O–H groups in total. The number of halogens is 3. The van der Waals surface area contributed by atoms with Gasteiger partial charge < -0.3 is 5.11 Å². The van der Waals surface area contributed by atoms with Crippen LogP contribution in [0.3, 0.4) is 0 Å². The van der Waals surface area contributed by atoms with Crippen molar-refractivity contribution < 1.29 is 13.9 Å². The van der Waals surface area contributed by atoms with Crippen molar-refractivity contribution in [2.75, 3.05) is 0 Å². The lowest BCUT2D eigenvalue weighted by Crippen LogP contribution is -2.32. The minimum atomic E-state index is -0.696. The largest absolute Gasteiger partial charge is 0.505 e. The van der Waals surface area contributed by atoms with Gasteiger partial charge in [0.2, 0.25) is 0 Å². The minimum absolute atomic E-state index is 0.0561. The molecule has 3 nitrogen and oxygen atoms in total. The van der Waals surface area contributed by atoms with Gasteiger partial charge in [-0.15, -0.1) is 0 Å². The van der Waals surface area contributed by atoms with Crippen molar-refractivity contribution in [3.8, 4) is 5.75 Å². The lowest BCUT2D eigenvalue weighted by atomic mass is 9.62. The summed E-state index contributed by atoms with van der Waals surface area (Å²) in [6.07, 6.45) is 4.22. The second-order valence-corrected chi connectivity index (χ2v) is 8.35. The van der Waals surface area contributed by atoms with Gasteiger partial charge in [-0.3, -0.25) is 9.97 Å². The lowest BCUT2D eigenvalue weighted by Gasteiger charge is -2.42. The lowest BCUT2D eigenvalue weighted by molar-refractivity contribution is 0.216. The highest BCUT2D eigenvalue weighted by Gasteiger charge is 2.43. The molecule has 0 radical (unpaired) electrons. The summed E-state index contributed by atoms with van der Waals surface area (Å²) in [5.74, 6) is -1.79. The van der Waals surface area contributed by atoms with Crippen LogP contribution in [-0.2, 0) is 0 Å².